The van der Waals surface area contributed by atoms with Crippen molar-refractivity contribution in [3.05, 3.63) is 78.4 Å². The molecule has 1 aliphatic heterocycles. The Morgan fingerprint density at radius 3 is 2.90 bits per heavy atom. The van der Waals surface area contributed by atoms with Crippen LogP contribution in [0.5, 0.6) is 5.75 Å². The number of benzene rings is 2. The topological polar surface area (TPSA) is 128 Å². The molecule has 0 aliphatic carbocycles. The van der Waals surface area contributed by atoms with Gasteiger partial charge in [-0.2, -0.15) is 5.10 Å². The summed E-state index contributed by atoms with van der Waals surface area (Å²) < 4.78 is 20.5. The number of carbonyl (C=O) groups excluding carboxylic acids is 2. The first kappa shape index (κ1) is 25.8. The third-order valence-electron chi connectivity index (χ3n) is 6.81. The highest BCUT2D eigenvalue weighted by molar-refractivity contribution is 5.99. The second kappa shape index (κ2) is 10.9. The van der Waals surface area contributed by atoms with Crippen LogP contribution in [0.4, 0.5) is 10.2 Å². The first-order valence-corrected chi connectivity index (χ1v) is 12.5. The van der Waals surface area contributed by atoms with Crippen molar-refractivity contribution < 1.29 is 18.7 Å². The van der Waals surface area contributed by atoms with Gasteiger partial charge in [-0.3, -0.25) is 9.59 Å². The SMILES string of the molecule is C=CC(=O)N1CCC[C@@H](n2nc(-c3cccc(CNC(=O)c4ccc(F)cc4OC)c3)c3c(N)ncnc32)C1. The highest BCUT2D eigenvalue weighted by atomic mass is 19.1. The summed E-state index contributed by atoms with van der Waals surface area (Å²) in [6, 6.07) is 11.2. The van der Waals surface area contributed by atoms with E-state index in [1.165, 1.54) is 37.7 Å². The van der Waals surface area contributed by atoms with E-state index in [1.54, 1.807) is 4.90 Å². The molecule has 39 heavy (non-hydrogen) atoms. The Morgan fingerprint density at radius 2 is 2.10 bits per heavy atom. The molecule has 0 saturated carbocycles. The molecular weight excluding hydrogens is 501 g/mol. The van der Waals surface area contributed by atoms with Crippen molar-refractivity contribution in [1.29, 1.82) is 0 Å². The standard InChI is InChI=1S/C28H28FN7O3/c1-3-23(37)35-11-5-8-20(15-35)36-27-24(26(30)32-16-33-27)25(34-36)18-7-4-6-17(12-18)14-31-28(38)21-10-9-19(29)13-22(21)39-2/h3-4,6-7,9-10,12-13,16,20H,1,5,8,11,14-15H2,2H3,(H,31,38)(H2,30,32,33)/t20-/m1/s1. The lowest BCUT2D eigenvalue weighted by molar-refractivity contribution is -0.127. The smallest absolute Gasteiger partial charge is 0.255 e. The number of nitrogens with zero attached hydrogens (tertiary/aromatic N) is 5. The number of nitrogen functional groups attached to an aromatic ring is 1. The predicted molar refractivity (Wildman–Crippen MR) is 144 cm³/mol. The van der Waals surface area contributed by atoms with E-state index >= 15 is 0 Å². The Labute approximate surface area is 224 Å². The van der Waals surface area contributed by atoms with Crippen molar-refractivity contribution in [3.63, 3.8) is 0 Å². The molecule has 3 heterocycles. The summed E-state index contributed by atoms with van der Waals surface area (Å²) in [4.78, 5) is 35.4. The molecule has 2 aromatic heterocycles. The van der Waals surface area contributed by atoms with Crippen molar-refractivity contribution >= 4 is 28.7 Å². The number of hydrogen-bond donors (Lipinski definition) is 2. The van der Waals surface area contributed by atoms with Gasteiger partial charge >= 0.3 is 0 Å². The highest BCUT2D eigenvalue weighted by Gasteiger charge is 2.28. The third kappa shape index (κ3) is 5.15. The van der Waals surface area contributed by atoms with Gasteiger partial charge in [0.2, 0.25) is 5.91 Å². The Kier molecular flexibility index (Phi) is 7.22. The fourth-order valence-electron chi connectivity index (χ4n) is 4.89. The summed E-state index contributed by atoms with van der Waals surface area (Å²) in [6.45, 7) is 4.98. The molecule has 1 saturated heterocycles. The number of ether oxygens (including phenoxy) is 1. The molecule has 10 nitrogen and oxygen atoms in total. The number of nitrogens with one attached hydrogen (secondary N) is 1. The van der Waals surface area contributed by atoms with Crippen molar-refractivity contribution in [1.82, 2.24) is 30.0 Å². The fraction of sp³-hybridized carbons (Fsp3) is 0.250. The number of anilines is 1. The molecule has 2 amide bonds. The molecule has 11 heteroatoms. The normalized spacial score (nSPS) is 15.2. The van der Waals surface area contributed by atoms with Crippen molar-refractivity contribution in [2.45, 2.75) is 25.4 Å². The zero-order valence-corrected chi connectivity index (χ0v) is 21.4. The van der Waals surface area contributed by atoms with E-state index in [2.05, 4.69) is 21.9 Å². The summed E-state index contributed by atoms with van der Waals surface area (Å²) >= 11 is 0. The number of hydrogen-bond acceptors (Lipinski definition) is 7. The molecule has 1 aliphatic rings. The van der Waals surface area contributed by atoms with Crippen molar-refractivity contribution in [2.24, 2.45) is 0 Å². The Bertz CT molecular complexity index is 1570. The zero-order chi connectivity index (χ0) is 27.5. The van der Waals surface area contributed by atoms with Gasteiger partial charge in [-0.25, -0.2) is 19.0 Å². The number of nitrogens with two attached hydrogens (primary N) is 1. The van der Waals surface area contributed by atoms with Gasteiger partial charge in [0.25, 0.3) is 5.91 Å². The minimum Gasteiger partial charge on any atom is -0.496 e. The van der Waals surface area contributed by atoms with E-state index < -0.39 is 5.82 Å². The van der Waals surface area contributed by atoms with Crippen LogP contribution in [0.15, 0.2) is 61.4 Å². The van der Waals surface area contributed by atoms with Crippen LogP contribution in [-0.2, 0) is 11.3 Å². The molecule has 1 atom stereocenters. The molecule has 0 radical (unpaired) electrons. The van der Waals surface area contributed by atoms with Crippen LogP contribution in [0.2, 0.25) is 0 Å². The van der Waals surface area contributed by atoms with Gasteiger partial charge in [0, 0.05) is 31.3 Å². The number of halogens is 1. The van der Waals surface area contributed by atoms with Crippen LogP contribution in [0.25, 0.3) is 22.3 Å². The van der Waals surface area contributed by atoms with Crippen molar-refractivity contribution in [2.75, 3.05) is 25.9 Å². The van der Waals surface area contributed by atoms with Gasteiger partial charge in [0.05, 0.1) is 24.1 Å². The minimum absolute atomic E-state index is 0.0821. The van der Waals surface area contributed by atoms with Gasteiger partial charge in [-0.15, -0.1) is 0 Å². The summed E-state index contributed by atoms with van der Waals surface area (Å²) in [5, 5.41) is 8.39. The van der Waals surface area contributed by atoms with Crippen LogP contribution in [0.1, 0.15) is 34.8 Å². The van der Waals surface area contributed by atoms with E-state index in [0.717, 1.165) is 24.0 Å². The summed E-state index contributed by atoms with van der Waals surface area (Å²) in [5.41, 5.74) is 9.34. The van der Waals surface area contributed by atoms with Crippen LogP contribution < -0.4 is 15.8 Å². The van der Waals surface area contributed by atoms with E-state index in [4.69, 9.17) is 15.6 Å². The van der Waals surface area contributed by atoms with E-state index in [9.17, 15) is 14.0 Å². The average Bonchev–Trinajstić information content (AvgIpc) is 3.36. The number of rotatable bonds is 7. The lowest BCUT2D eigenvalue weighted by atomic mass is 10.1. The molecule has 4 aromatic rings. The lowest BCUT2D eigenvalue weighted by Crippen LogP contribution is -2.40. The minimum atomic E-state index is -0.487. The molecule has 0 spiro atoms. The molecule has 2 aromatic carbocycles. The number of amides is 2. The maximum absolute atomic E-state index is 13.5. The molecule has 0 bridgehead atoms. The van der Waals surface area contributed by atoms with Gasteiger partial charge in [-0.1, -0.05) is 24.8 Å². The predicted octanol–water partition coefficient (Wildman–Crippen LogP) is 3.50. The second-order valence-corrected chi connectivity index (χ2v) is 9.26. The number of fused-ring (bicyclic) bond motifs is 1. The molecule has 5 rings (SSSR count). The number of methoxy groups -OCH3 is 1. The van der Waals surface area contributed by atoms with E-state index in [0.29, 0.717) is 35.6 Å². The number of aromatic nitrogens is 4. The molecule has 1 fully saturated rings. The average molecular weight is 530 g/mol. The summed E-state index contributed by atoms with van der Waals surface area (Å²) in [5.74, 6) is -0.527. The maximum Gasteiger partial charge on any atom is 0.255 e. The quantitative estimate of drug-likeness (QED) is 0.351. The Balaban J connectivity index is 1.44. The number of carbonyl (C=O) groups is 2. The van der Waals surface area contributed by atoms with Gasteiger partial charge < -0.3 is 20.7 Å². The first-order valence-electron chi connectivity index (χ1n) is 12.5. The van der Waals surface area contributed by atoms with Crippen LogP contribution >= 0.6 is 0 Å². The monoisotopic (exact) mass is 529 g/mol. The summed E-state index contributed by atoms with van der Waals surface area (Å²) in [6.07, 6.45) is 4.39. The lowest BCUT2D eigenvalue weighted by Gasteiger charge is -2.32. The Hall–Kier alpha value is -4.80. The van der Waals surface area contributed by atoms with E-state index in [1.807, 2.05) is 28.9 Å². The fourth-order valence-corrected chi connectivity index (χ4v) is 4.89. The van der Waals surface area contributed by atoms with E-state index in [-0.39, 0.29) is 35.7 Å². The van der Waals surface area contributed by atoms with Gasteiger partial charge in [-0.05, 0) is 42.7 Å². The van der Waals surface area contributed by atoms with Crippen LogP contribution in [0, 0.1) is 5.82 Å². The van der Waals surface area contributed by atoms with Crippen LogP contribution in [0.3, 0.4) is 0 Å². The Morgan fingerprint density at radius 1 is 1.26 bits per heavy atom. The second-order valence-electron chi connectivity index (χ2n) is 9.26. The molecular formula is C28H28FN7O3. The summed E-state index contributed by atoms with van der Waals surface area (Å²) in [7, 11) is 1.38. The molecule has 200 valence electrons. The molecule has 3 N–H and O–H groups in total. The molecule has 0 unspecified atom stereocenters. The van der Waals surface area contributed by atoms with Crippen LogP contribution in [-0.4, -0.2) is 56.7 Å². The highest BCUT2D eigenvalue weighted by Crippen LogP contribution is 2.34. The van der Waals surface area contributed by atoms with Crippen molar-refractivity contribution in [3.8, 4) is 17.0 Å². The largest absolute Gasteiger partial charge is 0.496 e. The van der Waals surface area contributed by atoms with Gasteiger partial charge in [0.1, 0.15) is 29.4 Å². The third-order valence-corrected chi connectivity index (χ3v) is 6.81. The maximum atomic E-state index is 13.5. The first-order chi connectivity index (χ1) is 18.9. The number of likely N-dealkylation sites (tertiary alicyclic amines) is 1. The number of piperidine rings is 1. The van der Waals surface area contributed by atoms with Gasteiger partial charge in [0.15, 0.2) is 5.65 Å². The zero-order valence-electron chi connectivity index (χ0n) is 21.4.